The van der Waals surface area contributed by atoms with Gasteiger partial charge in [0, 0.05) is 11.5 Å². The number of hydrogen-bond acceptors (Lipinski definition) is 7. The molecular weight excluding hydrogens is 292 g/mol. The fraction of sp³-hybridized carbons (Fsp3) is 0.857. The van der Waals surface area contributed by atoms with E-state index in [1.54, 1.807) is 0 Å². The van der Waals surface area contributed by atoms with Crippen LogP contribution >= 0.6 is 11.8 Å². The van der Waals surface area contributed by atoms with Crippen LogP contribution in [0, 0.1) is 0 Å². The Morgan fingerprint density at radius 3 is 1.48 bits per heavy atom. The summed E-state index contributed by atoms with van der Waals surface area (Å²) >= 11 is 1.20. The lowest BCUT2D eigenvalue weighted by molar-refractivity contribution is -0.133. The second-order valence-corrected chi connectivity index (χ2v) is 6.44. The zero-order valence-corrected chi connectivity index (χ0v) is 13.7. The van der Waals surface area contributed by atoms with Crippen molar-refractivity contribution in [3.63, 3.8) is 0 Å². The van der Waals surface area contributed by atoms with Crippen LogP contribution in [0.5, 0.6) is 0 Å². The highest BCUT2D eigenvalue weighted by Gasteiger charge is 2.36. The van der Waals surface area contributed by atoms with Crippen molar-refractivity contribution < 1.29 is 19.8 Å². The van der Waals surface area contributed by atoms with Crippen molar-refractivity contribution in [3.8, 4) is 0 Å². The van der Waals surface area contributed by atoms with Gasteiger partial charge in [0.2, 0.25) is 0 Å². The van der Waals surface area contributed by atoms with Gasteiger partial charge in [-0.2, -0.15) is 11.8 Å². The van der Waals surface area contributed by atoms with Crippen LogP contribution in [0.2, 0.25) is 0 Å². The Bertz CT molecular complexity index is 322. The minimum Gasteiger partial charge on any atom is -0.381 e. The summed E-state index contributed by atoms with van der Waals surface area (Å²) in [7, 11) is 0. The molecular formula is C14H28N2O4S. The molecule has 0 saturated heterocycles. The van der Waals surface area contributed by atoms with E-state index in [0.29, 0.717) is 25.9 Å². The van der Waals surface area contributed by atoms with Crippen LogP contribution in [-0.2, 0) is 9.59 Å². The number of Topliss-reactive ketones (excluding diaryl/α,β-unsaturated/α-hetero) is 2. The van der Waals surface area contributed by atoms with Crippen LogP contribution in [0.1, 0.15) is 39.5 Å². The van der Waals surface area contributed by atoms with Crippen molar-refractivity contribution in [1.82, 2.24) is 0 Å². The van der Waals surface area contributed by atoms with Gasteiger partial charge in [-0.1, -0.05) is 0 Å². The van der Waals surface area contributed by atoms with Gasteiger partial charge in [-0.25, -0.2) is 0 Å². The zero-order valence-electron chi connectivity index (χ0n) is 12.9. The average molecular weight is 320 g/mol. The van der Waals surface area contributed by atoms with Crippen LogP contribution in [0.3, 0.4) is 0 Å². The molecule has 124 valence electrons. The first-order valence-corrected chi connectivity index (χ1v) is 8.32. The maximum atomic E-state index is 11.6. The number of aliphatic hydroxyl groups is 2. The summed E-state index contributed by atoms with van der Waals surface area (Å²) in [6.07, 6.45) is 1.65. The molecule has 0 aliphatic carbocycles. The molecule has 2 atom stereocenters. The van der Waals surface area contributed by atoms with Gasteiger partial charge in [-0.15, -0.1) is 0 Å². The Hall–Kier alpha value is -0.470. The summed E-state index contributed by atoms with van der Waals surface area (Å²) in [6.45, 7) is 3.47. The van der Waals surface area contributed by atoms with E-state index >= 15 is 0 Å². The Morgan fingerprint density at radius 1 is 0.905 bits per heavy atom. The van der Waals surface area contributed by atoms with Crippen LogP contribution in [0.15, 0.2) is 0 Å². The maximum absolute atomic E-state index is 11.6. The van der Waals surface area contributed by atoms with Gasteiger partial charge in [-0.05, 0) is 52.6 Å². The van der Waals surface area contributed by atoms with E-state index in [1.165, 1.54) is 25.6 Å². The van der Waals surface area contributed by atoms with Crippen molar-refractivity contribution >= 4 is 23.3 Å². The van der Waals surface area contributed by atoms with Crippen molar-refractivity contribution in [2.75, 3.05) is 24.6 Å². The monoisotopic (exact) mass is 320 g/mol. The SMILES string of the molecule is CC(=O)C(O)(CCCN)CSCC(O)(CCCN)C(C)=O. The predicted octanol–water partition coefficient (Wildman–Crippen LogP) is -0.162. The molecule has 0 saturated carbocycles. The van der Waals surface area contributed by atoms with E-state index in [9.17, 15) is 19.8 Å². The standard InChI is InChI=1S/C14H28N2O4S/c1-11(17)13(19,5-3-7-15)9-21-10-14(20,12(2)18)6-4-8-16/h19-20H,3-10,15-16H2,1-2H3. The minimum absolute atomic E-state index is 0.139. The number of hydrogen-bond donors (Lipinski definition) is 4. The molecule has 0 amide bonds. The lowest BCUT2D eigenvalue weighted by Crippen LogP contribution is -2.43. The molecule has 0 aliphatic rings. The van der Waals surface area contributed by atoms with Gasteiger partial charge >= 0.3 is 0 Å². The number of thioether (sulfide) groups is 1. The average Bonchev–Trinajstić information content (AvgIpc) is 2.42. The fourth-order valence-electron chi connectivity index (χ4n) is 1.88. The van der Waals surface area contributed by atoms with Crippen LogP contribution in [0.25, 0.3) is 0 Å². The smallest absolute Gasteiger partial charge is 0.162 e. The highest BCUT2D eigenvalue weighted by Crippen LogP contribution is 2.26. The van der Waals surface area contributed by atoms with Crippen LogP contribution in [-0.4, -0.2) is 57.6 Å². The van der Waals surface area contributed by atoms with E-state index in [4.69, 9.17) is 11.5 Å². The van der Waals surface area contributed by atoms with Crippen LogP contribution in [0.4, 0.5) is 0 Å². The maximum Gasteiger partial charge on any atom is 0.162 e. The first kappa shape index (κ1) is 20.5. The highest BCUT2D eigenvalue weighted by molar-refractivity contribution is 7.99. The second kappa shape index (κ2) is 9.53. The largest absolute Gasteiger partial charge is 0.381 e. The van der Waals surface area contributed by atoms with Crippen molar-refractivity contribution in [2.24, 2.45) is 11.5 Å². The molecule has 0 aromatic rings. The Balaban J connectivity index is 4.58. The second-order valence-electron chi connectivity index (χ2n) is 5.45. The minimum atomic E-state index is -1.45. The van der Waals surface area contributed by atoms with Gasteiger partial charge in [0.05, 0.1) is 0 Å². The molecule has 21 heavy (non-hydrogen) atoms. The lowest BCUT2D eigenvalue weighted by atomic mass is 9.95. The fourth-order valence-corrected chi connectivity index (χ4v) is 3.35. The molecule has 6 N–H and O–H groups in total. The third kappa shape index (κ3) is 6.88. The summed E-state index contributed by atoms with van der Waals surface area (Å²) in [4.78, 5) is 23.2. The molecule has 2 unspecified atom stereocenters. The van der Waals surface area contributed by atoms with Gasteiger partial charge in [0.1, 0.15) is 11.2 Å². The quantitative estimate of drug-likeness (QED) is 0.393. The van der Waals surface area contributed by atoms with E-state index in [2.05, 4.69) is 0 Å². The van der Waals surface area contributed by atoms with E-state index in [1.807, 2.05) is 0 Å². The Labute approximate surface area is 130 Å². The van der Waals surface area contributed by atoms with Gasteiger partial charge in [0.15, 0.2) is 11.6 Å². The molecule has 6 nitrogen and oxygen atoms in total. The van der Waals surface area contributed by atoms with Gasteiger partial charge in [-0.3, -0.25) is 9.59 Å². The number of rotatable bonds is 12. The molecule has 0 spiro atoms. The summed E-state index contributed by atoms with van der Waals surface area (Å²) in [5, 5.41) is 20.6. The van der Waals surface area contributed by atoms with E-state index in [0.717, 1.165) is 0 Å². The lowest BCUT2D eigenvalue weighted by Gasteiger charge is -2.28. The Morgan fingerprint density at radius 2 is 1.24 bits per heavy atom. The summed E-state index contributed by atoms with van der Waals surface area (Å²) < 4.78 is 0. The van der Waals surface area contributed by atoms with Crippen molar-refractivity contribution in [3.05, 3.63) is 0 Å². The predicted molar refractivity (Wildman–Crippen MR) is 85.2 cm³/mol. The van der Waals surface area contributed by atoms with Gasteiger partial charge < -0.3 is 21.7 Å². The number of ketones is 2. The number of nitrogens with two attached hydrogens (primary N) is 2. The molecule has 0 aliphatic heterocycles. The molecule has 0 radical (unpaired) electrons. The van der Waals surface area contributed by atoms with Crippen molar-refractivity contribution in [1.29, 1.82) is 0 Å². The van der Waals surface area contributed by atoms with E-state index in [-0.39, 0.29) is 35.9 Å². The molecule has 0 aromatic carbocycles. The molecule has 7 heteroatoms. The first-order valence-electron chi connectivity index (χ1n) is 7.16. The third-order valence-corrected chi connectivity index (χ3v) is 4.94. The molecule has 0 rings (SSSR count). The topological polar surface area (TPSA) is 127 Å². The van der Waals surface area contributed by atoms with Crippen LogP contribution < -0.4 is 11.5 Å². The zero-order chi connectivity index (χ0) is 16.5. The molecule has 0 aromatic heterocycles. The summed E-state index contributed by atoms with van der Waals surface area (Å²) in [5.74, 6) is -0.366. The summed E-state index contributed by atoms with van der Waals surface area (Å²) in [5.41, 5.74) is 7.91. The normalized spacial score (nSPS) is 17.0. The molecule has 0 fully saturated rings. The number of carbonyl (C=O) groups is 2. The summed E-state index contributed by atoms with van der Waals surface area (Å²) in [6, 6.07) is 0. The highest BCUT2D eigenvalue weighted by atomic mass is 32.2. The van der Waals surface area contributed by atoms with E-state index < -0.39 is 11.2 Å². The first-order chi connectivity index (χ1) is 9.72. The third-order valence-electron chi connectivity index (χ3n) is 3.58. The van der Waals surface area contributed by atoms with Gasteiger partial charge in [0.25, 0.3) is 0 Å². The Kier molecular flexibility index (Phi) is 9.31. The van der Waals surface area contributed by atoms with Crippen molar-refractivity contribution in [2.45, 2.75) is 50.7 Å². The number of carbonyl (C=O) groups excluding carboxylic acids is 2. The molecule has 0 heterocycles. The molecule has 0 bridgehead atoms.